The smallest absolute Gasteiger partial charge is 0.264 e. The van der Waals surface area contributed by atoms with Crippen LogP contribution in [0.3, 0.4) is 0 Å². The van der Waals surface area contributed by atoms with Crippen molar-refractivity contribution in [2.24, 2.45) is 5.73 Å². The van der Waals surface area contributed by atoms with Gasteiger partial charge in [-0.15, -0.1) is 0 Å². The van der Waals surface area contributed by atoms with Gasteiger partial charge in [-0.05, 0) is 0 Å². The highest BCUT2D eigenvalue weighted by molar-refractivity contribution is 5.96. The van der Waals surface area contributed by atoms with Gasteiger partial charge in [0.05, 0.1) is 7.11 Å². The predicted molar refractivity (Wildman–Crippen MR) is 44.2 cm³/mol. The summed E-state index contributed by atoms with van der Waals surface area (Å²) in [5.74, 6) is -2.85. The van der Waals surface area contributed by atoms with Crippen molar-refractivity contribution >= 4 is 5.91 Å². The van der Waals surface area contributed by atoms with Crippen molar-refractivity contribution in [1.29, 1.82) is 0 Å². The fourth-order valence-electron chi connectivity index (χ4n) is 1.08. The van der Waals surface area contributed by atoms with Crippen LogP contribution in [0.1, 0.15) is 22.3 Å². The Balaban J connectivity index is 3.47. The molecule has 7 heteroatoms. The maximum atomic E-state index is 12.7. The number of aromatic nitrogens is 1. The minimum absolute atomic E-state index is 0.452. The molecule has 0 radical (unpaired) electrons. The van der Waals surface area contributed by atoms with E-state index in [0.29, 0.717) is 6.07 Å². The van der Waals surface area contributed by atoms with Gasteiger partial charge in [0.2, 0.25) is 11.8 Å². The number of hydrogen-bond donors (Lipinski definition) is 1. The van der Waals surface area contributed by atoms with E-state index in [-0.39, 0.29) is 0 Å². The molecule has 0 fully saturated rings. The molecule has 1 aromatic rings. The topological polar surface area (TPSA) is 65.2 Å². The molecule has 15 heavy (non-hydrogen) atoms. The minimum Gasteiger partial charge on any atom is -0.480 e. The van der Waals surface area contributed by atoms with Gasteiger partial charge in [-0.1, -0.05) is 0 Å². The number of halogens is 3. The Labute approximate surface area is 82.9 Å². The predicted octanol–water partition coefficient (Wildman–Crippen LogP) is 1.27. The fourth-order valence-corrected chi connectivity index (χ4v) is 1.08. The molecule has 0 aliphatic rings. The molecule has 0 aliphatic heterocycles. The second-order valence-corrected chi connectivity index (χ2v) is 2.58. The van der Waals surface area contributed by atoms with E-state index in [1.165, 1.54) is 0 Å². The summed E-state index contributed by atoms with van der Waals surface area (Å²) in [6.07, 6.45) is -3.03. The van der Waals surface area contributed by atoms with Crippen LogP contribution in [-0.4, -0.2) is 18.0 Å². The van der Waals surface area contributed by atoms with Crippen molar-refractivity contribution in [1.82, 2.24) is 4.98 Å². The zero-order chi connectivity index (χ0) is 11.6. The first kappa shape index (κ1) is 11.3. The van der Waals surface area contributed by atoms with Crippen molar-refractivity contribution in [2.75, 3.05) is 7.11 Å². The van der Waals surface area contributed by atoms with E-state index in [9.17, 15) is 18.0 Å². The number of carbonyl (C=O) groups excluding carboxylic acids is 1. The number of carbonyl (C=O) groups is 1. The van der Waals surface area contributed by atoms with Crippen molar-refractivity contribution in [2.45, 2.75) is 6.43 Å². The van der Waals surface area contributed by atoms with Gasteiger partial charge in [-0.2, -0.15) is 9.37 Å². The van der Waals surface area contributed by atoms with Crippen LogP contribution >= 0.6 is 0 Å². The Morgan fingerprint density at radius 2 is 2.20 bits per heavy atom. The number of ether oxygens (including phenoxy) is 1. The van der Waals surface area contributed by atoms with Crippen LogP contribution in [0.15, 0.2) is 6.07 Å². The van der Waals surface area contributed by atoms with E-state index in [2.05, 4.69) is 9.72 Å². The molecule has 0 bridgehead atoms. The number of alkyl halides is 2. The van der Waals surface area contributed by atoms with Gasteiger partial charge in [0.1, 0.15) is 5.56 Å². The summed E-state index contributed by atoms with van der Waals surface area (Å²) in [7, 11) is 1.07. The third-order valence-electron chi connectivity index (χ3n) is 1.66. The van der Waals surface area contributed by atoms with Crippen LogP contribution in [0, 0.1) is 5.95 Å². The van der Waals surface area contributed by atoms with E-state index in [4.69, 9.17) is 5.73 Å². The van der Waals surface area contributed by atoms with Gasteiger partial charge in [-0.25, -0.2) is 8.78 Å². The number of hydrogen-bond acceptors (Lipinski definition) is 3. The number of nitrogens with zero attached hydrogens (tertiary/aromatic N) is 1. The molecule has 1 aromatic heterocycles. The maximum Gasteiger partial charge on any atom is 0.264 e. The highest BCUT2D eigenvalue weighted by Crippen LogP contribution is 2.28. The first-order valence-electron chi connectivity index (χ1n) is 3.79. The van der Waals surface area contributed by atoms with Gasteiger partial charge in [0, 0.05) is 11.6 Å². The summed E-state index contributed by atoms with van der Waals surface area (Å²) < 4.78 is 42.1. The normalized spacial score (nSPS) is 10.5. The first-order chi connectivity index (χ1) is 6.97. The quantitative estimate of drug-likeness (QED) is 0.780. The molecule has 1 heterocycles. The minimum atomic E-state index is -3.03. The molecular formula is C8H7F3N2O2. The Kier molecular flexibility index (Phi) is 3.13. The van der Waals surface area contributed by atoms with Crippen LogP contribution in [0.2, 0.25) is 0 Å². The molecule has 2 N–H and O–H groups in total. The summed E-state index contributed by atoms with van der Waals surface area (Å²) in [5.41, 5.74) is 3.43. The van der Waals surface area contributed by atoms with Crippen LogP contribution in [-0.2, 0) is 0 Å². The average Bonchev–Trinajstić information content (AvgIpc) is 2.15. The molecule has 0 aliphatic carbocycles. The Morgan fingerprint density at radius 3 is 2.60 bits per heavy atom. The van der Waals surface area contributed by atoms with E-state index in [0.717, 1.165) is 7.11 Å². The highest BCUT2D eigenvalue weighted by atomic mass is 19.3. The number of nitrogens with two attached hydrogens (primary N) is 1. The third kappa shape index (κ3) is 2.17. The molecule has 0 spiro atoms. The molecule has 0 aromatic carbocycles. The van der Waals surface area contributed by atoms with Crippen LogP contribution in [0.25, 0.3) is 0 Å². The third-order valence-corrected chi connectivity index (χ3v) is 1.66. The van der Waals surface area contributed by atoms with Gasteiger partial charge in [0.15, 0.2) is 0 Å². The van der Waals surface area contributed by atoms with E-state index in [1.807, 2.05) is 0 Å². The zero-order valence-corrected chi connectivity index (χ0v) is 7.63. The lowest BCUT2D eigenvalue weighted by molar-refractivity contribution is 0.0980. The monoisotopic (exact) mass is 220 g/mol. The Bertz CT molecular complexity index is 396. The number of rotatable bonds is 3. The second kappa shape index (κ2) is 4.16. The van der Waals surface area contributed by atoms with Crippen molar-refractivity contribution < 1.29 is 22.7 Å². The first-order valence-corrected chi connectivity index (χ1v) is 3.79. The molecule has 0 atom stereocenters. The second-order valence-electron chi connectivity index (χ2n) is 2.58. The lowest BCUT2D eigenvalue weighted by Crippen LogP contribution is -2.17. The van der Waals surface area contributed by atoms with Crippen LogP contribution in [0.5, 0.6) is 5.88 Å². The molecule has 0 unspecified atom stereocenters. The van der Waals surface area contributed by atoms with E-state index < -0.39 is 35.3 Å². The molecule has 0 saturated carbocycles. The van der Waals surface area contributed by atoms with Crippen LogP contribution < -0.4 is 10.5 Å². The summed E-state index contributed by atoms with van der Waals surface area (Å²) in [6, 6.07) is 0.452. The number of amides is 1. The fraction of sp³-hybridized carbons (Fsp3) is 0.250. The number of methoxy groups -OCH3 is 1. The molecule has 1 amide bonds. The molecular weight excluding hydrogens is 213 g/mol. The summed E-state index contributed by atoms with van der Waals surface area (Å²) >= 11 is 0. The van der Waals surface area contributed by atoms with Gasteiger partial charge < -0.3 is 10.5 Å². The van der Waals surface area contributed by atoms with Gasteiger partial charge in [-0.3, -0.25) is 4.79 Å². The molecule has 1 rings (SSSR count). The summed E-state index contributed by atoms with van der Waals surface area (Å²) in [5, 5.41) is 0. The van der Waals surface area contributed by atoms with E-state index in [1.54, 1.807) is 0 Å². The van der Waals surface area contributed by atoms with Crippen molar-refractivity contribution in [3.05, 3.63) is 23.1 Å². The largest absolute Gasteiger partial charge is 0.480 e. The SMILES string of the molecule is COc1nc(F)cc(C(F)F)c1C(N)=O. The lowest BCUT2D eigenvalue weighted by atomic mass is 10.1. The zero-order valence-electron chi connectivity index (χ0n) is 7.63. The Morgan fingerprint density at radius 1 is 1.60 bits per heavy atom. The molecule has 82 valence electrons. The van der Waals surface area contributed by atoms with Gasteiger partial charge >= 0.3 is 0 Å². The highest BCUT2D eigenvalue weighted by Gasteiger charge is 2.23. The molecule has 4 nitrogen and oxygen atoms in total. The average molecular weight is 220 g/mol. The van der Waals surface area contributed by atoms with Crippen molar-refractivity contribution in [3.63, 3.8) is 0 Å². The number of primary amides is 1. The van der Waals surface area contributed by atoms with Crippen molar-refractivity contribution in [3.8, 4) is 5.88 Å². The standard InChI is InChI=1S/C8H7F3N2O2/c1-15-8-5(7(12)14)3(6(10)11)2-4(9)13-8/h2,6H,1H3,(H2,12,14). The Hall–Kier alpha value is -1.79. The lowest BCUT2D eigenvalue weighted by Gasteiger charge is -2.09. The summed E-state index contributed by atoms with van der Waals surface area (Å²) in [4.78, 5) is 14.0. The van der Waals surface area contributed by atoms with Crippen LogP contribution in [0.4, 0.5) is 13.2 Å². The summed E-state index contributed by atoms with van der Waals surface area (Å²) in [6.45, 7) is 0. The maximum absolute atomic E-state index is 12.7. The van der Waals surface area contributed by atoms with Gasteiger partial charge in [0.25, 0.3) is 12.3 Å². The molecule has 0 saturated heterocycles. The number of pyridine rings is 1. The van der Waals surface area contributed by atoms with E-state index >= 15 is 0 Å².